The topological polar surface area (TPSA) is 98.0 Å². The summed E-state index contributed by atoms with van der Waals surface area (Å²) in [6.45, 7) is 5.49. The maximum absolute atomic E-state index is 12.6. The van der Waals surface area contributed by atoms with Crippen molar-refractivity contribution in [3.8, 4) is 0 Å². The molecule has 0 saturated heterocycles. The van der Waals surface area contributed by atoms with Gasteiger partial charge in [-0.05, 0) is 32.4 Å². The number of nitrogens with zero attached hydrogens (tertiary/aromatic N) is 2. The number of hydrogen-bond donors (Lipinski definition) is 2. The molecule has 1 aromatic heterocycles. The zero-order chi connectivity index (χ0) is 17.7. The molecule has 0 aliphatic heterocycles. The van der Waals surface area contributed by atoms with E-state index in [2.05, 4.69) is 15.3 Å². The molecule has 0 radical (unpaired) electrons. The van der Waals surface area contributed by atoms with Crippen LogP contribution in [0.4, 0.5) is 5.82 Å². The molecule has 6 nitrogen and oxygen atoms in total. The van der Waals surface area contributed by atoms with Gasteiger partial charge in [0.2, 0.25) is 5.91 Å². The van der Waals surface area contributed by atoms with Gasteiger partial charge in [0.15, 0.2) is 0 Å². The van der Waals surface area contributed by atoms with E-state index in [1.807, 2.05) is 13.0 Å². The first-order chi connectivity index (χ1) is 11.4. The lowest BCUT2D eigenvalue weighted by Gasteiger charge is -2.12. The molecule has 24 heavy (non-hydrogen) atoms. The van der Waals surface area contributed by atoms with Crippen LogP contribution in [0.1, 0.15) is 35.7 Å². The average molecular weight is 344 g/mol. The van der Waals surface area contributed by atoms with Crippen molar-refractivity contribution in [1.82, 2.24) is 9.97 Å². The van der Waals surface area contributed by atoms with Gasteiger partial charge in [-0.25, -0.2) is 9.97 Å². The Morgan fingerprint density at radius 3 is 2.67 bits per heavy atom. The van der Waals surface area contributed by atoms with E-state index in [-0.39, 0.29) is 5.91 Å². The smallest absolute Gasteiger partial charge is 0.257 e. The molecule has 7 heteroatoms. The molecule has 126 valence electrons. The minimum atomic E-state index is -0.424. The molecule has 1 aromatic carbocycles. The molecule has 1 unspecified atom stereocenters. The van der Waals surface area contributed by atoms with Crippen molar-refractivity contribution in [1.29, 1.82) is 0 Å². The molecular formula is C17H20N4O2S. The second kappa shape index (κ2) is 7.92. The molecule has 0 fully saturated rings. The van der Waals surface area contributed by atoms with Crippen LogP contribution in [0.3, 0.4) is 0 Å². The predicted molar refractivity (Wildman–Crippen MR) is 95.1 cm³/mol. The third-order valence-electron chi connectivity index (χ3n) is 3.33. The summed E-state index contributed by atoms with van der Waals surface area (Å²) in [7, 11) is 0. The summed E-state index contributed by atoms with van der Waals surface area (Å²) < 4.78 is 0. The lowest BCUT2D eigenvalue weighted by molar-refractivity contribution is -0.117. The molecule has 0 aliphatic carbocycles. The van der Waals surface area contributed by atoms with Crippen LogP contribution in [0.2, 0.25) is 0 Å². The van der Waals surface area contributed by atoms with E-state index >= 15 is 0 Å². The number of amides is 2. The van der Waals surface area contributed by atoms with Crippen LogP contribution in [0.15, 0.2) is 35.2 Å². The number of thioether (sulfide) groups is 1. The van der Waals surface area contributed by atoms with Gasteiger partial charge in [-0.3, -0.25) is 9.59 Å². The minimum absolute atomic E-state index is 0.282. The van der Waals surface area contributed by atoms with Gasteiger partial charge in [0.1, 0.15) is 11.6 Å². The Balaban J connectivity index is 2.24. The van der Waals surface area contributed by atoms with E-state index in [0.717, 1.165) is 12.1 Å². The van der Waals surface area contributed by atoms with E-state index in [9.17, 15) is 9.59 Å². The number of rotatable bonds is 6. The highest BCUT2D eigenvalue weighted by atomic mass is 32.2. The van der Waals surface area contributed by atoms with Gasteiger partial charge < -0.3 is 11.1 Å². The van der Waals surface area contributed by atoms with Crippen molar-refractivity contribution < 1.29 is 9.59 Å². The van der Waals surface area contributed by atoms with Crippen LogP contribution in [0.25, 0.3) is 0 Å². The molecule has 2 rings (SSSR count). The Kier molecular flexibility index (Phi) is 5.92. The Morgan fingerprint density at radius 2 is 2.00 bits per heavy atom. The number of anilines is 1. The van der Waals surface area contributed by atoms with Gasteiger partial charge in [0.25, 0.3) is 5.91 Å². The quantitative estimate of drug-likeness (QED) is 0.785. The molecule has 2 amide bonds. The largest absolute Gasteiger partial charge is 0.369 e. The second-order valence-electron chi connectivity index (χ2n) is 5.26. The molecule has 0 spiro atoms. The first-order valence-electron chi connectivity index (χ1n) is 7.61. The van der Waals surface area contributed by atoms with Crippen LogP contribution in [-0.2, 0) is 11.2 Å². The van der Waals surface area contributed by atoms with Crippen molar-refractivity contribution in [2.75, 3.05) is 5.32 Å². The van der Waals surface area contributed by atoms with E-state index in [1.54, 1.807) is 38.1 Å². The predicted octanol–water partition coefficient (Wildman–Crippen LogP) is 2.57. The summed E-state index contributed by atoms with van der Waals surface area (Å²) in [4.78, 5) is 33.1. The summed E-state index contributed by atoms with van der Waals surface area (Å²) in [5.74, 6) is 0.367. The number of aryl methyl sites for hydroxylation is 2. The zero-order valence-corrected chi connectivity index (χ0v) is 14.7. The summed E-state index contributed by atoms with van der Waals surface area (Å²) >= 11 is 1.26. The highest BCUT2D eigenvalue weighted by molar-refractivity contribution is 8.00. The van der Waals surface area contributed by atoms with E-state index in [1.165, 1.54) is 11.8 Å². The van der Waals surface area contributed by atoms with Gasteiger partial charge >= 0.3 is 0 Å². The number of nitrogens with two attached hydrogens (primary N) is 1. The Bertz CT molecular complexity index is 764. The number of aromatic nitrogens is 2. The van der Waals surface area contributed by atoms with E-state index < -0.39 is 11.2 Å². The van der Waals surface area contributed by atoms with Gasteiger partial charge in [0, 0.05) is 16.7 Å². The van der Waals surface area contributed by atoms with Crippen LogP contribution in [-0.4, -0.2) is 27.0 Å². The Labute approximate surface area is 145 Å². The fourth-order valence-corrected chi connectivity index (χ4v) is 3.01. The molecule has 0 saturated carbocycles. The average Bonchev–Trinajstić information content (AvgIpc) is 2.54. The lowest BCUT2D eigenvalue weighted by atomic mass is 10.2. The fraction of sp³-hybridized carbons (Fsp3) is 0.294. The monoisotopic (exact) mass is 344 g/mol. The summed E-state index contributed by atoms with van der Waals surface area (Å²) in [5.41, 5.74) is 6.65. The van der Waals surface area contributed by atoms with Crippen LogP contribution >= 0.6 is 11.8 Å². The minimum Gasteiger partial charge on any atom is -0.369 e. The van der Waals surface area contributed by atoms with Crippen molar-refractivity contribution in [2.24, 2.45) is 5.73 Å². The lowest BCUT2D eigenvalue weighted by Crippen LogP contribution is -2.23. The maximum atomic E-state index is 12.6. The van der Waals surface area contributed by atoms with Crippen LogP contribution < -0.4 is 11.1 Å². The van der Waals surface area contributed by atoms with Gasteiger partial charge in [0.05, 0.1) is 10.8 Å². The Morgan fingerprint density at radius 1 is 1.29 bits per heavy atom. The molecule has 3 N–H and O–H groups in total. The van der Waals surface area contributed by atoms with Gasteiger partial charge in [-0.2, -0.15) is 0 Å². The Hall–Kier alpha value is -2.41. The van der Waals surface area contributed by atoms with E-state index in [4.69, 9.17) is 5.73 Å². The summed E-state index contributed by atoms with van der Waals surface area (Å²) in [6, 6.07) is 8.85. The number of primary amides is 1. The second-order valence-corrected chi connectivity index (χ2v) is 6.64. The molecule has 1 atom stereocenters. The molecule has 1 heterocycles. The molecule has 0 aliphatic rings. The SMILES string of the molecule is CCc1cc(NC(=O)c2ccccc2SC(C)C(N)=O)nc(C)n1. The molecule has 2 aromatic rings. The maximum Gasteiger partial charge on any atom is 0.257 e. The first kappa shape index (κ1) is 17.9. The highest BCUT2D eigenvalue weighted by Crippen LogP contribution is 2.27. The van der Waals surface area contributed by atoms with Crippen LogP contribution in [0, 0.1) is 6.92 Å². The molecular weight excluding hydrogens is 324 g/mol. The number of carbonyl (C=O) groups is 2. The summed E-state index contributed by atoms with van der Waals surface area (Å²) in [5, 5.41) is 2.37. The van der Waals surface area contributed by atoms with Crippen molar-refractivity contribution in [2.45, 2.75) is 37.3 Å². The van der Waals surface area contributed by atoms with Crippen LogP contribution in [0.5, 0.6) is 0 Å². The fourth-order valence-electron chi connectivity index (χ4n) is 2.06. The van der Waals surface area contributed by atoms with Gasteiger partial charge in [-0.15, -0.1) is 11.8 Å². The molecule has 0 bridgehead atoms. The third-order valence-corrected chi connectivity index (χ3v) is 4.53. The highest BCUT2D eigenvalue weighted by Gasteiger charge is 2.17. The van der Waals surface area contributed by atoms with Crippen molar-refractivity contribution in [3.63, 3.8) is 0 Å². The van der Waals surface area contributed by atoms with Crippen molar-refractivity contribution >= 4 is 29.4 Å². The number of benzene rings is 1. The number of nitrogens with one attached hydrogen (secondary N) is 1. The van der Waals surface area contributed by atoms with E-state index in [0.29, 0.717) is 22.1 Å². The standard InChI is InChI=1S/C17H20N4O2S/c1-4-12-9-15(20-11(3)19-12)21-17(23)13-7-5-6-8-14(13)24-10(2)16(18)22/h5-10H,4H2,1-3H3,(H2,18,22)(H,19,20,21,23). The number of hydrogen-bond acceptors (Lipinski definition) is 5. The van der Waals surface area contributed by atoms with Crippen molar-refractivity contribution in [3.05, 3.63) is 47.4 Å². The first-order valence-corrected chi connectivity index (χ1v) is 8.49. The third kappa shape index (κ3) is 4.55. The van der Waals surface area contributed by atoms with Gasteiger partial charge in [-0.1, -0.05) is 19.1 Å². The zero-order valence-electron chi connectivity index (χ0n) is 13.9. The summed E-state index contributed by atoms with van der Waals surface area (Å²) in [6.07, 6.45) is 0.759. The number of carbonyl (C=O) groups excluding carboxylic acids is 2. The normalized spacial score (nSPS) is 11.8.